The Labute approximate surface area is 133 Å². The van der Waals surface area contributed by atoms with E-state index in [1.807, 2.05) is 4.74 Å². The van der Waals surface area contributed by atoms with Gasteiger partial charge in [-0.2, -0.15) is 52.7 Å². The number of halogens is 14. The van der Waals surface area contributed by atoms with Crippen LogP contribution in [0.15, 0.2) is 0 Å². The highest BCUT2D eigenvalue weighted by Gasteiger charge is 2.71. The third-order valence-electron chi connectivity index (χ3n) is 2.24. The molecule has 0 saturated carbocycles. The van der Waals surface area contributed by atoms with Crippen molar-refractivity contribution in [2.24, 2.45) is 0 Å². The highest BCUT2D eigenvalue weighted by atomic mass is 19.4. The summed E-state index contributed by atoms with van der Waals surface area (Å²) < 4.78 is 179. The minimum Gasteiger partial charge on any atom is -0.334 e. The van der Waals surface area contributed by atoms with Gasteiger partial charge in [-0.05, 0) is 0 Å². The summed E-state index contributed by atoms with van der Waals surface area (Å²) in [5.41, 5.74) is 0. The quantitative estimate of drug-likeness (QED) is 0.615. The van der Waals surface area contributed by atoms with Gasteiger partial charge in [0, 0.05) is 6.92 Å². The molecule has 3 nitrogen and oxygen atoms in total. The van der Waals surface area contributed by atoms with Crippen molar-refractivity contribution in [2.45, 2.75) is 55.7 Å². The van der Waals surface area contributed by atoms with Crippen molar-refractivity contribution >= 4 is 0 Å². The molecule has 2 unspecified atom stereocenters. The Balaban J connectivity index is 5.80. The summed E-state index contributed by atoms with van der Waals surface area (Å²) in [7, 11) is 0. The van der Waals surface area contributed by atoms with Crippen molar-refractivity contribution in [1.29, 1.82) is 0 Å². The van der Waals surface area contributed by atoms with Crippen LogP contribution in [0, 0.1) is 0 Å². The van der Waals surface area contributed by atoms with Crippen LogP contribution in [0.3, 0.4) is 0 Å². The topological polar surface area (TPSA) is 38.7 Å². The first-order valence-corrected chi connectivity index (χ1v) is 5.65. The van der Waals surface area contributed by atoms with Crippen LogP contribution in [0.1, 0.15) is 6.92 Å². The molecule has 0 aliphatic rings. The minimum absolute atomic E-state index is 0.708. The first-order chi connectivity index (χ1) is 10.9. The molecule has 0 spiro atoms. The van der Waals surface area contributed by atoms with E-state index >= 15 is 0 Å². The van der Waals surface area contributed by atoms with Crippen molar-refractivity contribution in [3.8, 4) is 0 Å². The summed E-state index contributed by atoms with van der Waals surface area (Å²) in [4.78, 5) is 0. The lowest BCUT2D eigenvalue weighted by Gasteiger charge is -2.35. The van der Waals surface area contributed by atoms with Crippen molar-refractivity contribution < 1.29 is 76.0 Å². The molecule has 0 fully saturated rings. The number of aliphatic hydroxyl groups is 1. The molecule has 0 heterocycles. The molecule has 26 heavy (non-hydrogen) atoms. The molecule has 17 heteroatoms. The van der Waals surface area contributed by atoms with E-state index in [0.717, 1.165) is 0 Å². The van der Waals surface area contributed by atoms with E-state index in [0.29, 0.717) is 0 Å². The van der Waals surface area contributed by atoms with Gasteiger partial charge in [-0.15, -0.1) is 0 Å². The van der Waals surface area contributed by atoms with Crippen LogP contribution in [0.5, 0.6) is 0 Å². The van der Waals surface area contributed by atoms with E-state index in [1.165, 1.54) is 0 Å². The highest BCUT2D eigenvalue weighted by Crippen LogP contribution is 2.46. The van der Waals surface area contributed by atoms with Crippen LogP contribution < -0.4 is 0 Å². The van der Waals surface area contributed by atoms with Gasteiger partial charge in [0.25, 0.3) is 5.92 Å². The number of hydrogen-bond donors (Lipinski definition) is 1. The highest BCUT2D eigenvalue weighted by molar-refractivity contribution is 4.85. The van der Waals surface area contributed by atoms with Crippen LogP contribution in [0.4, 0.5) is 61.5 Å². The Hall–Kier alpha value is -1.10. The summed E-state index contributed by atoms with van der Waals surface area (Å²) >= 11 is 0. The Morgan fingerprint density at radius 2 is 0.846 bits per heavy atom. The molecule has 0 aromatic heterocycles. The summed E-state index contributed by atoms with van der Waals surface area (Å²) in [5.74, 6) is -5.30. The maximum atomic E-state index is 13.0. The van der Waals surface area contributed by atoms with Gasteiger partial charge in [-0.25, -0.2) is 8.78 Å². The van der Waals surface area contributed by atoms with Gasteiger partial charge < -0.3 is 5.11 Å². The molecule has 0 radical (unpaired) electrons. The van der Waals surface area contributed by atoms with Gasteiger partial charge in [0.1, 0.15) is 0 Å². The summed E-state index contributed by atoms with van der Waals surface area (Å²) in [6.45, 7) is -0.708. The van der Waals surface area contributed by atoms with Gasteiger partial charge in [-0.1, -0.05) is 0 Å². The Bertz CT molecular complexity index is 398. The van der Waals surface area contributed by atoms with E-state index in [-0.39, 0.29) is 0 Å². The largest absolute Gasteiger partial charge is 0.449 e. The zero-order valence-electron chi connectivity index (χ0n) is 11.7. The molecule has 0 aromatic carbocycles. The zero-order valence-corrected chi connectivity index (χ0v) is 11.7. The fraction of sp³-hybridized carbons (Fsp3) is 1.00. The van der Waals surface area contributed by atoms with E-state index < -0.39 is 55.7 Å². The molecular weight excluding hydrogens is 422 g/mol. The molecule has 0 saturated heterocycles. The third-order valence-corrected chi connectivity index (χ3v) is 2.24. The van der Waals surface area contributed by atoms with Crippen molar-refractivity contribution in [3.63, 3.8) is 0 Å². The second-order valence-electron chi connectivity index (χ2n) is 4.66. The lowest BCUT2D eigenvalue weighted by molar-refractivity contribution is -0.496. The van der Waals surface area contributed by atoms with E-state index in [4.69, 9.17) is 5.11 Å². The lowest BCUT2D eigenvalue weighted by Crippen LogP contribution is -2.58. The van der Waals surface area contributed by atoms with Gasteiger partial charge in [0.05, 0.1) is 0 Å². The molecule has 1 N–H and O–H groups in total. The average molecular weight is 428 g/mol. The SMILES string of the molecule is CC(F)(F)C(OC(F)(F)C(F)(F)OC(C(O)(F)F)C(F)(F)F)C(F)(F)F. The molecule has 0 aliphatic heterocycles. The monoisotopic (exact) mass is 428 g/mol. The Kier molecular flexibility index (Phi) is 6.52. The third kappa shape index (κ3) is 6.26. The van der Waals surface area contributed by atoms with Gasteiger partial charge >= 0.3 is 30.7 Å². The van der Waals surface area contributed by atoms with E-state index in [2.05, 4.69) is 4.74 Å². The van der Waals surface area contributed by atoms with Crippen LogP contribution in [-0.4, -0.2) is 53.9 Å². The normalized spacial score (nSPS) is 18.0. The van der Waals surface area contributed by atoms with Gasteiger partial charge in [0.2, 0.25) is 12.2 Å². The molecular formula is C9H6F14O3. The second kappa shape index (κ2) is 6.81. The van der Waals surface area contributed by atoms with E-state index in [1.54, 1.807) is 0 Å². The zero-order chi connectivity index (χ0) is 21.6. The number of alkyl halides is 14. The maximum absolute atomic E-state index is 13.0. The smallest absolute Gasteiger partial charge is 0.334 e. The predicted octanol–water partition coefficient (Wildman–Crippen LogP) is 4.31. The number of ether oxygens (including phenoxy) is 2. The van der Waals surface area contributed by atoms with E-state index in [9.17, 15) is 61.5 Å². The lowest BCUT2D eigenvalue weighted by atomic mass is 10.2. The summed E-state index contributed by atoms with van der Waals surface area (Å²) in [6, 6.07) is 0. The standard InChI is InChI=1S/C9H6F14O3/c1-4(10,11)2(5(12,13)14)25-8(20,21)9(22,23)26-3(6(15,16)17)7(18,19)24/h2-3,24H,1H3. The Morgan fingerprint density at radius 1 is 0.577 bits per heavy atom. The molecule has 0 aliphatic carbocycles. The summed E-state index contributed by atoms with van der Waals surface area (Å²) in [5, 5.41) is 7.79. The molecule has 0 bridgehead atoms. The number of rotatable bonds is 7. The van der Waals surface area contributed by atoms with Gasteiger partial charge in [-0.3, -0.25) is 9.47 Å². The molecule has 2 atom stereocenters. The van der Waals surface area contributed by atoms with Crippen molar-refractivity contribution in [2.75, 3.05) is 0 Å². The molecule has 0 aromatic rings. The molecule has 0 rings (SSSR count). The molecule has 0 amide bonds. The average Bonchev–Trinajstić information content (AvgIpc) is 2.27. The first-order valence-electron chi connectivity index (χ1n) is 5.65. The van der Waals surface area contributed by atoms with Crippen molar-refractivity contribution in [3.05, 3.63) is 0 Å². The van der Waals surface area contributed by atoms with Crippen molar-refractivity contribution in [1.82, 2.24) is 0 Å². The number of hydrogen-bond acceptors (Lipinski definition) is 3. The van der Waals surface area contributed by atoms with Gasteiger partial charge in [0.15, 0.2) is 0 Å². The Morgan fingerprint density at radius 3 is 1.04 bits per heavy atom. The van der Waals surface area contributed by atoms with Crippen LogP contribution in [-0.2, 0) is 9.47 Å². The second-order valence-corrected chi connectivity index (χ2v) is 4.66. The van der Waals surface area contributed by atoms with Crippen LogP contribution in [0.2, 0.25) is 0 Å². The van der Waals surface area contributed by atoms with Crippen LogP contribution in [0.25, 0.3) is 0 Å². The first kappa shape index (κ1) is 24.9. The minimum atomic E-state index is -6.95. The van der Waals surface area contributed by atoms with Crippen LogP contribution >= 0.6 is 0 Å². The summed E-state index contributed by atoms with van der Waals surface area (Å²) in [6.07, 6.45) is -43.5. The molecule has 158 valence electrons. The predicted molar refractivity (Wildman–Crippen MR) is 49.5 cm³/mol. The maximum Gasteiger partial charge on any atom is 0.449 e. The fourth-order valence-corrected chi connectivity index (χ4v) is 1.23. The fourth-order valence-electron chi connectivity index (χ4n) is 1.23.